The fraction of sp³-hybridized carbons (Fsp3) is 0.526. The fourth-order valence-electron chi connectivity index (χ4n) is 7.63. The number of ether oxygens (including phenoxy) is 2. The van der Waals surface area contributed by atoms with Gasteiger partial charge in [-0.1, -0.05) is 20.8 Å². The van der Waals surface area contributed by atoms with Gasteiger partial charge in [-0.25, -0.2) is 9.78 Å². The number of esters is 1. The van der Waals surface area contributed by atoms with Gasteiger partial charge in [0.1, 0.15) is 18.7 Å². The second-order valence-corrected chi connectivity index (χ2v) is 14.7. The SMILES string of the molecule is CCOC(C)(C)CC(=O)N[C@H](C(=O)N[C@@H](C)C(=O)Nc1ccc2nc3c(c4c2c1CCC4)Cn1c-3cc2c(c1=O)COC(=O)[C@]2(O)CC)C(C)C. The Hall–Kier alpha value is -4.62. The van der Waals surface area contributed by atoms with E-state index in [1.54, 1.807) is 30.5 Å². The van der Waals surface area contributed by atoms with Crippen LogP contribution < -0.4 is 21.5 Å². The third-order valence-electron chi connectivity index (χ3n) is 10.3. The molecule has 0 radical (unpaired) electrons. The van der Waals surface area contributed by atoms with Gasteiger partial charge in [0.25, 0.3) is 5.56 Å². The topological polar surface area (TPSA) is 178 Å². The lowest BCUT2D eigenvalue weighted by atomic mass is 9.85. The van der Waals surface area contributed by atoms with E-state index < -0.39 is 41.1 Å². The molecule has 4 N–H and O–H groups in total. The number of amides is 3. The highest BCUT2D eigenvalue weighted by Crippen LogP contribution is 2.43. The molecule has 0 bridgehead atoms. The number of nitrogens with zero attached hydrogens (tertiary/aromatic N) is 2. The lowest BCUT2D eigenvalue weighted by molar-refractivity contribution is -0.172. The van der Waals surface area contributed by atoms with Crippen molar-refractivity contribution in [2.45, 2.75) is 117 Å². The van der Waals surface area contributed by atoms with Crippen LogP contribution in [0.5, 0.6) is 0 Å². The molecule has 0 fully saturated rings. The highest BCUT2D eigenvalue weighted by molar-refractivity contribution is 6.02. The molecule has 1 aliphatic carbocycles. The minimum absolute atomic E-state index is 0.0630. The van der Waals surface area contributed by atoms with E-state index in [-0.39, 0.29) is 48.0 Å². The Labute approximate surface area is 296 Å². The van der Waals surface area contributed by atoms with E-state index in [4.69, 9.17) is 14.5 Å². The maximum atomic E-state index is 13.7. The quantitative estimate of drug-likeness (QED) is 0.171. The van der Waals surface area contributed by atoms with E-state index in [9.17, 15) is 29.1 Å². The van der Waals surface area contributed by atoms with Gasteiger partial charge in [0, 0.05) is 28.8 Å². The van der Waals surface area contributed by atoms with Gasteiger partial charge in [0.05, 0.1) is 41.0 Å². The average molecular weight is 702 g/mol. The summed E-state index contributed by atoms with van der Waals surface area (Å²) in [6, 6.07) is 3.61. The number of nitrogens with one attached hydrogen (secondary N) is 3. The molecule has 6 rings (SSSR count). The number of benzene rings is 1. The zero-order chi connectivity index (χ0) is 37.0. The zero-order valence-electron chi connectivity index (χ0n) is 30.3. The number of cyclic esters (lactones) is 1. The molecule has 0 saturated heterocycles. The predicted octanol–water partition coefficient (Wildman–Crippen LogP) is 3.36. The molecule has 3 aromatic rings. The summed E-state index contributed by atoms with van der Waals surface area (Å²) in [5.74, 6) is -2.17. The number of pyridine rings is 2. The van der Waals surface area contributed by atoms with Gasteiger partial charge in [-0.3, -0.25) is 19.2 Å². The van der Waals surface area contributed by atoms with Crippen LogP contribution in [0, 0.1) is 5.92 Å². The van der Waals surface area contributed by atoms with Crippen molar-refractivity contribution < 1.29 is 33.8 Å². The van der Waals surface area contributed by atoms with Gasteiger partial charge in [-0.15, -0.1) is 0 Å². The van der Waals surface area contributed by atoms with Crippen molar-refractivity contribution >= 4 is 40.3 Å². The molecule has 3 aliphatic rings. The molecule has 4 heterocycles. The zero-order valence-corrected chi connectivity index (χ0v) is 30.3. The molecule has 51 heavy (non-hydrogen) atoms. The molecule has 0 unspecified atom stereocenters. The predicted molar refractivity (Wildman–Crippen MR) is 190 cm³/mol. The van der Waals surface area contributed by atoms with Crippen LogP contribution >= 0.6 is 0 Å². The van der Waals surface area contributed by atoms with Crippen molar-refractivity contribution in [1.29, 1.82) is 0 Å². The Morgan fingerprint density at radius 3 is 2.45 bits per heavy atom. The molecule has 2 aliphatic heterocycles. The molecule has 272 valence electrons. The number of rotatable bonds is 11. The Morgan fingerprint density at radius 1 is 1.04 bits per heavy atom. The van der Waals surface area contributed by atoms with Crippen molar-refractivity contribution in [3.63, 3.8) is 0 Å². The number of carbonyl (C=O) groups is 4. The number of hydrogen-bond donors (Lipinski definition) is 4. The standard InChI is InChI=1S/C38H47N5O8/c1-8-38(49)25-15-28-32-23(17-43(28)35(47)24(25)18-50-36(38)48)21-11-10-12-22-26(13-14-27(40-32)30(21)22)41-33(45)20(5)39-34(46)31(19(3)4)42-29(44)16-37(6,7)51-9-2/h13-15,19-20,31,49H,8-12,16-18H2,1-7H3,(H,39,46)(H,41,45)(H,42,44)/t20-,31-,38-/m0/s1. The number of carbonyl (C=O) groups excluding carboxylic acids is 4. The lowest BCUT2D eigenvalue weighted by Crippen LogP contribution is -2.54. The molecule has 13 heteroatoms. The van der Waals surface area contributed by atoms with Gasteiger partial charge in [-0.05, 0) is 88.6 Å². The first kappa shape index (κ1) is 36.2. The summed E-state index contributed by atoms with van der Waals surface area (Å²) >= 11 is 0. The van der Waals surface area contributed by atoms with Crippen LogP contribution in [-0.4, -0.2) is 62.6 Å². The summed E-state index contributed by atoms with van der Waals surface area (Å²) in [6.45, 7) is 13.0. The van der Waals surface area contributed by atoms with Gasteiger partial charge >= 0.3 is 5.97 Å². The molecule has 2 aromatic heterocycles. The smallest absolute Gasteiger partial charge is 0.343 e. The normalized spacial score (nSPS) is 18.7. The van der Waals surface area contributed by atoms with E-state index in [0.717, 1.165) is 34.9 Å². The summed E-state index contributed by atoms with van der Waals surface area (Å²) in [4.78, 5) is 70.9. The molecular formula is C38H47N5O8. The minimum atomic E-state index is -1.91. The van der Waals surface area contributed by atoms with E-state index in [0.29, 0.717) is 42.2 Å². The highest BCUT2D eigenvalue weighted by atomic mass is 16.6. The van der Waals surface area contributed by atoms with Crippen LogP contribution in [0.2, 0.25) is 0 Å². The first-order valence-electron chi connectivity index (χ1n) is 17.8. The van der Waals surface area contributed by atoms with Gasteiger partial charge in [-0.2, -0.15) is 0 Å². The minimum Gasteiger partial charge on any atom is -0.458 e. The Kier molecular flexibility index (Phi) is 9.57. The first-order valence-corrected chi connectivity index (χ1v) is 17.8. The molecular weight excluding hydrogens is 654 g/mol. The second-order valence-electron chi connectivity index (χ2n) is 14.7. The molecule has 0 spiro atoms. The van der Waals surface area contributed by atoms with Gasteiger partial charge in [0.2, 0.25) is 17.7 Å². The maximum Gasteiger partial charge on any atom is 0.343 e. The average Bonchev–Trinajstić information content (AvgIpc) is 3.45. The Morgan fingerprint density at radius 2 is 1.76 bits per heavy atom. The van der Waals surface area contributed by atoms with Crippen molar-refractivity contribution in [2.24, 2.45) is 5.92 Å². The Balaban J connectivity index is 1.24. The number of hydrogen-bond acceptors (Lipinski definition) is 9. The summed E-state index contributed by atoms with van der Waals surface area (Å²) in [6.07, 6.45) is 2.41. The Bertz CT molecular complexity index is 2020. The first-order chi connectivity index (χ1) is 24.1. The van der Waals surface area contributed by atoms with Crippen LogP contribution in [0.15, 0.2) is 23.0 Å². The molecule has 3 amide bonds. The van der Waals surface area contributed by atoms with Crippen molar-refractivity contribution in [2.75, 3.05) is 11.9 Å². The van der Waals surface area contributed by atoms with E-state index in [2.05, 4.69) is 16.0 Å². The third kappa shape index (κ3) is 6.41. The number of aromatic nitrogens is 2. The van der Waals surface area contributed by atoms with E-state index in [1.807, 2.05) is 40.7 Å². The van der Waals surface area contributed by atoms with Crippen molar-refractivity contribution in [3.8, 4) is 11.4 Å². The number of aliphatic hydroxyl groups is 1. The molecule has 1 aromatic carbocycles. The van der Waals surface area contributed by atoms with Crippen LogP contribution in [0.1, 0.15) is 95.5 Å². The van der Waals surface area contributed by atoms with Crippen molar-refractivity contribution in [3.05, 3.63) is 56.4 Å². The summed E-state index contributed by atoms with van der Waals surface area (Å²) in [5.41, 5.74) is 3.06. The van der Waals surface area contributed by atoms with Gasteiger partial charge < -0.3 is 35.1 Å². The van der Waals surface area contributed by atoms with Crippen LogP contribution in [0.4, 0.5) is 5.69 Å². The molecule has 13 nitrogen and oxygen atoms in total. The second kappa shape index (κ2) is 13.5. The summed E-state index contributed by atoms with van der Waals surface area (Å²) < 4.78 is 12.5. The fourth-order valence-corrected chi connectivity index (χ4v) is 7.63. The molecule has 0 saturated carbocycles. The lowest BCUT2D eigenvalue weighted by Gasteiger charge is -2.31. The van der Waals surface area contributed by atoms with Gasteiger partial charge in [0.15, 0.2) is 5.60 Å². The largest absolute Gasteiger partial charge is 0.458 e. The third-order valence-corrected chi connectivity index (χ3v) is 10.3. The molecule has 3 atom stereocenters. The van der Waals surface area contributed by atoms with Crippen LogP contribution in [0.25, 0.3) is 22.3 Å². The number of anilines is 1. The van der Waals surface area contributed by atoms with Crippen LogP contribution in [0.3, 0.4) is 0 Å². The number of fused-ring (bicyclic) bond motifs is 5. The maximum absolute atomic E-state index is 13.7. The summed E-state index contributed by atoms with van der Waals surface area (Å²) in [5, 5.41) is 20.7. The summed E-state index contributed by atoms with van der Waals surface area (Å²) in [7, 11) is 0. The monoisotopic (exact) mass is 701 g/mol. The van der Waals surface area contributed by atoms with Crippen molar-refractivity contribution in [1.82, 2.24) is 20.2 Å². The highest BCUT2D eigenvalue weighted by Gasteiger charge is 2.45. The van der Waals surface area contributed by atoms with E-state index >= 15 is 0 Å². The van der Waals surface area contributed by atoms with E-state index in [1.165, 1.54) is 0 Å². The number of aryl methyl sites for hydroxylation is 2. The van der Waals surface area contributed by atoms with Crippen LogP contribution in [-0.2, 0) is 60.2 Å².